The maximum absolute atomic E-state index is 12.8. The predicted molar refractivity (Wildman–Crippen MR) is 99.9 cm³/mol. The number of hydrogen-bond donors (Lipinski definition) is 0. The minimum Gasteiger partial charge on any atom is -0.294 e. The molecular weight excluding hydrogens is 332 g/mol. The molecule has 1 aliphatic carbocycles. The van der Waals surface area contributed by atoms with Crippen LogP contribution < -0.4 is 0 Å². The maximum Gasteiger partial charge on any atom is 0.167 e. The van der Waals surface area contributed by atoms with Gasteiger partial charge in [0.15, 0.2) is 5.78 Å². The Bertz CT molecular complexity index is 939. The zero-order valence-corrected chi connectivity index (χ0v) is 15.0. The average Bonchev–Trinajstić information content (AvgIpc) is 2.93. The Morgan fingerprint density at radius 3 is 2.36 bits per heavy atom. The average molecular weight is 351 g/mol. The smallest absolute Gasteiger partial charge is 0.167 e. The zero-order valence-electron chi connectivity index (χ0n) is 14.3. The van der Waals surface area contributed by atoms with Crippen molar-refractivity contribution in [3.8, 4) is 5.69 Å². The monoisotopic (exact) mass is 350 g/mol. The highest BCUT2D eigenvalue weighted by Gasteiger charge is 2.32. The normalized spacial score (nSPS) is 16.8. The molecule has 0 bridgehead atoms. The molecule has 0 amide bonds. The molecule has 0 spiro atoms. The first-order chi connectivity index (χ1) is 12.0. The topological polar surface area (TPSA) is 34.9 Å². The van der Waals surface area contributed by atoms with Gasteiger partial charge in [-0.1, -0.05) is 41.4 Å². The molecule has 4 heteroatoms. The third kappa shape index (κ3) is 2.89. The zero-order chi connectivity index (χ0) is 17.6. The number of carbonyl (C=O) groups excluding carboxylic acids is 1. The number of carbonyl (C=O) groups is 1. The summed E-state index contributed by atoms with van der Waals surface area (Å²) in [6, 6.07) is 16.1. The Kier molecular flexibility index (Phi) is 3.97. The van der Waals surface area contributed by atoms with Crippen molar-refractivity contribution in [2.24, 2.45) is 0 Å². The number of hydrogen-bond acceptors (Lipinski definition) is 2. The van der Waals surface area contributed by atoms with Crippen LogP contribution in [0.25, 0.3) is 5.69 Å². The number of Topliss-reactive ketones (excluding diaryl/α,β-unsaturated/α-hetero) is 1. The number of aromatic nitrogens is 2. The Balaban J connectivity index is 1.78. The number of benzene rings is 2. The van der Waals surface area contributed by atoms with Gasteiger partial charge in [-0.15, -0.1) is 0 Å². The SMILES string of the molecule is Cc1ccc([C@H]2CC(=O)c3c(C)nn(-c4ccc(Cl)cc4)c3C2)cc1. The second-order valence-corrected chi connectivity index (χ2v) is 7.17. The maximum atomic E-state index is 12.8. The van der Waals surface area contributed by atoms with Gasteiger partial charge in [0.05, 0.1) is 22.6 Å². The Hall–Kier alpha value is -2.39. The molecule has 3 nitrogen and oxygen atoms in total. The molecule has 1 aliphatic rings. The number of halogens is 1. The molecule has 0 fully saturated rings. The first-order valence-corrected chi connectivity index (χ1v) is 8.85. The molecule has 0 saturated carbocycles. The summed E-state index contributed by atoms with van der Waals surface area (Å²) >= 11 is 6.00. The standard InChI is InChI=1S/C21H19ClN2O/c1-13-3-5-15(6-4-13)16-11-19-21(20(25)12-16)14(2)23-24(19)18-9-7-17(22)8-10-18/h3-10,16H,11-12H2,1-2H3/t16-/m1/s1. The van der Waals surface area contributed by atoms with Crippen LogP contribution in [-0.4, -0.2) is 15.6 Å². The molecule has 126 valence electrons. The fourth-order valence-corrected chi connectivity index (χ4v) is 3.75. The Morgan fingerprint density at radius 2 is 1.68 bits per heavy atom. The van der Waals surface area contributed by atoms with E-state index >= 15 is 0 Å². The first kappa shape index (κ1) is 16.1. The molecule has 4 rings (SSSR count). The molecule has 2 aromatic carbocycles. The fraction of sp³-hybridized carbons (Fsp3) is 0.238. The lowest BCUT2D eigenvalue weighted by molar-refractivity contribution is 0.0963. The minimum atomic E-state index is 0.185. The van der Waals surface area contributed by atoms with E-state index in [-0.39, 0.29) is 11.7 Å². The van der Waals surface area contributed by atoms with Crippen LogP contribution in [-0.2, 0) is 6.42 Å². The van der Waals surface area contributed by atoms with E-state index in [9.17, 15) is 4.79 Å². The van der Waals surface area contributed by atoms with Gasteiger partial charge in [-0.3, -0.25) is 4.79 Å². The van der Waals surface area contributed by atoms with Crippen molar-refractivity contribution in [2.45, 2.75) is 32.6 Å². The van der Waals surface area contributed by atoms with Crippen molar-refractivity contribution >= 4 is 17.4 Å². The minimum absolute atomic E-state index is 0.185. The highest BCUT2D eigenvalue weighted by Crippen LogP contribution is 2.35. The summed E-state index contributed by atoms with van der Waals surface area (Å²) in [5, 5.41) is 5.33. The van der Waals surface area contributed by atoms with Gasteiger partial charge in [-0.25, -0.2) is 4.68 Å². The third-order valence-electron chi connectivity index (χ3n) is 4.93. The van der Waals surface area contributed by atoms with Crippen molar-refractivity contribution in [3.05, 3.63) is 81.6 Å². The molecule has 1 atom stereocenters. The van der Waals surface area contributed by atoms with Gasteiger partial charge in [0.2, 0.25) is 0 Å². The highest BCUT2D eigenvalue weighted by atomic mass is 35.5. The van der Waals surface area contributed by atoms with Crippen LogP contribution in [0.5, 0.6) is 0 Å². The largest absolute Gasteiger partial charge is 0.294 e. The predicted octanol–water partition coefficient (Wildman–Crippen LogP) is 5.06. The number of aryl methyl sites for hydroxylation is 2. The number of ketones is 1. The van der Waals surface area contributed by atoms with E-state index in [1.165, 1.54) is 11.1 Å². The van der Waals surface area contributed by atoms with Gasteiger partial charge in [0.1, 0.15) is 0 Å². The third-order valence-corrected chi connectivity index (χ3v) is 5.18. The van der Waals surface area contributed by atoms with E-state index < -0.39 is 0 Å². The summed E-state index contributed by atoms with van der Waals surface area (Å²) < 4.78 is 1.90. The van der Waals surface area contributed by atoms with Gasteiger partial charge >= 0.3 is 0 Å². The first-order valence-electron chi connectivity index (χ1n) is 8.47. The van der Waals surface area contributed by atoms with Gasteiger partial charge in [0, 0.05) is 11.4 Å². The summed E-state index contributed by atoms with van der Waals surface area (Å²) in [7, 11) is 0. The van der Waals surface area contributed by atoms with Crippen molar-refractivity contribution < 1.29 is 4.79 Å². The summed E-state index contributed by atoms with van der Waals surface area (Å²) in [5.41, 5.74) is 5.98. The van der Waals surface area contributed by atoms with E-state index in [2.05, 4.69) is 36.3 Å². The van der Waals surface area contributed by atoms with Crippen LogP contribution in [0, 0.1) is 13.8 Å². The number of nitrogens with zero attached hydrogens (tertiary/aromatic N) is 2. The van der Waals surface area contributed by atoms with Crippen molar-refractivity contribution in [1.82, 2.24) is 9.78 Å². The molecule has 25 heavy (non-hydrogen) atoms. The van der Waals surface area contributed by atoms with E-state index in [0.29, 0.717) is 11.4 Å². The summed E-state index contributed by atoms with van der Waals surface area (Å²) in [5.74, 6) is 0.382. The van der Waals surface area contributed by atoms with Crippen LogP contribution in [0.2, 0.25) is 5.02 Å². The quantitative estimate of drug-likeness (QED) is 0.647. The molecule has 0 unspecified atom stereocenters. The number of fused-ring (bicyclic) bond motifs is 1. The summed E-state index contributed by atoms with van der Waals surface area (Å²) in [6.45, 7) is 3.99. The van der Waals surface area contributed by atoms with Crippen LogP contribution in [0.15, 0.2) is 48.5 Å². The van der Waals surface area contributed by atoms with Crippen LogP contribution in [0.4, 0.5) is 0 Å². The van der Waals surface area contributed by atoms with Crippen molar-refractivity contribution in [3.63, 3.8) is 0 Å². The lowest BCUT2D eigenvalue weighted by Gasteiger charge is -2.23. The number of rotatable bonds is 2. The van der Waals surface area contributed by atoms with Crippen LogP contribution >= 0.6 is 11.6 Å². The van der Waals surface area contributed by atoms with Gasteiger partial charge in [-0.2, -0.15) is 5.10 Å². The van der Waals surface area contributed by atoms with E-state index in [0.717, 1.165) is 29.1 Å². The Morgan fingerprint density at radius 1 is 1.00 bits per heavy atom. The van der Waals surface area contributed by atoms with E-state index in [1.54, 1.807) is 0 Å². The molecule has 0 saturated heterocycles. The van der Waals surface area contributed by atoms with Crippen LogP contribution in [0.1, 0.15) is 45.2 Å². The van der Waals surface area contributed by atoms with Crippen molar-refractivity contribution in [2.75, 3.05) is 0 Å². The lowest BCUT2D eigenvalue weighted by Crippen LogP contribution is -2.20. The molecule has 0 radical (unpaired) electrons. The second kappa shape index (κ2) is 6.16. The fourth-order valence-electron chi connectivity index (χ4n) is 3.63. The van der Waals surface area contributed by atoms with Gasteiger partial charge in [-0.05, 0) is 56.0 Å². The van der Waals surface area contributed by atoms with E-state index in [4.69, 9.17) is 11.6 Å². The molecule has 0 N–H and O–H groups in total. The van der Waals surface area contributed by atoms with Gasteiger partial charge < -0.3 is 0 Å². The summed E-state index contributed by atoms with van der Waals surface area (Å²) in [6.07, 6.45) is 1.36. The molecular formula is C21H19ClN2O. The van der Waals surface area contributed by atoms with E-state index in [1.807, 2.05) is 35.9 Å². The summed E-state index contributed by atoms with van der Waals surface area (Å²) in [4.78, 5) is 12.8. The van der Waals surface area contributed by atoms with Crippen molar-refractivity contribution in [1.29, 1.82) is 0 Å². The Labute approximate surface area is 152 Å². The molecule has 0 aliphatic heterocycles. The molecule has 1 aromatic heterocycles. The lowest BCUT2D eigenvalue weighted by atomic mass is 9.81. The molecule has 1 heterocycles. The van der Waals surface area contributed by atoms with Gasteiger partial charge in [0.25, 0.3) is 0 Å². The highest BCUT2D eigenvalue weighted by molar-refractivity contribution is 6.30. The molecule has 3 aromatic rings. The van der Waals surface area contributed by atoms with Crippen LogP contribution in [0.3, 0.4) is 0 Å². The second-order valence-electron chi connectivity index (χ2n) is 6.73.